The molecule has 3 nitrogen and oxygen atoms in total. The third-order valence-corrected chi connectivity index (χ3v) is 306. The van der Waals surface area contributed by atoms with Crippen LogP contribution in [-0.2, 0) is 34.6 Å². The van der Waals surface area contributed by atoms with Gasteiger partial charge in [0.25, 0.3) is 0 Å². The monoisotopic (exact) mass is 1260 g/mol. The molecule has 11 heteroatoms. The average Bonchev–Trinajstić information content (AvgIpc) is 2.89. The van der Waals surface area contributed by atoms with Crippen molar-refractivity contribution in [2.75, 3.05) is 4.90 Å². The van der Waals surface area contributed by atoms with Crippen LogP contribution in [0.25, 0.3) is 0 Å². The largest absolute Gasteiger partial charge is 0 e. The first-order valence-electron chi connectivity index (χ1n) is 9.74. The molecule has 2 aliphatic heterocycles. The minimum atomic E-state index is -0.707. The van der Waals surface area contributed by atoms with Crippen molar-refractivity contribution in [3.63, 3.8) is 0 Å². The van der Waals surface area contributed by atoms with Crippen LogP contribution < -0.4 is 35.4 Å². The predicted octanol–water partition coefficient (Wildman–Crippen LogP) is 2.67. The first kappa shape index (κ1) is 31.5. The van der Waals surface area contributed by atoms with E-state index in [0.717, 1.165) is 11.4 Å². The van der Waals surface area contributed by atoms with Crippen LogP contribution in [0.3, 0.4) is 0 Å². The number of para-hydroxylation sites is 1. The van der Waals surface area contributed by atoms with E-state index in [0.29, 0.717) is 19.7 Å². The Labute approximate surface area is 252 Å². The maximum atomic E-state index is 12.9. The average molecular weight is 1260 g/mol. The summed E-state index contributed by atoms with van der Waals surface area (Å²) in [7, 11) is -1.23. The standard InChI is InChI=1S/C16H12I7NO2.C5H12.V/c17-21-23-19-13-6-7-14-12(16(13)20-22(23)18)8-11(25)9-15(26)24(14)10-4-2-1-3-5-10;1-3-5-4-2;/h1-7,19H,8-9H2;3-5H2,1-2H3;/q-2;;. The number of benzene rings is 2. The summed E-state index contributed by atoms with van der Waals surface area (Å²) in [6.45, 7) is 4.42. The maximum Gasteiger partial charge on any atom is 0 e. The van der Waals surface area contributed by atoms with E-state index in [-0.39, 0.29) is 71.1 Å². The number of carbonyl (C=O) groups excluding carboxylic acids is 2. The maximum absolute atomic E-state index is 12.9. The molecular weight excluding hydrogens is 1240 g/mol. The van der Waals surface area contributed by atoms with E-state index in [1.54, 1.807) is 7.14 Å². The molecule has 0 aliphatic carbocycles. The number of rotatable bonds is 4. The Bertz CT molecular complexity index is 930. The quantitative estimate of drug-likeness (QED) is 0.350. The van der Waals surface area contributed by atoms with Gasteiger partial charge in [0.1, 0.15) is 0 Å². The van der Waals surface area contributed by atoms with Crippen molar-refractivity contribution < 1.29 is 58.6 Å². The molecule has 2 heterocycles. The van der Waals surface area contributed by atoms with Crippen LogP contribution in [0.15, 0.2) is 42.5 Å². The number of Topliss-reactive ketones (excluding diaryl/α,β-unsaturated/α-hetero) is 1. The molecule has 0 saturated heterocycles. The molecule has 0 N–H and O–H groups in total. The Morgan fingerprint density at radius 3 is 2.38 bits per heavy atom. The number of anilines is 2. The zero-order valence-corrected chi connectivity index (χ0v) is 34.1. The number of ketones is 1. The van der Waals surface area contributed by atoms with E-state index < -0.39 is 15.8 Å². The second-order valence-corrected chi connectivity index (χ2v) is 132. The molecule has 0 atom stereocenters. The van der Waals surface area contributed by atoms with Gasteiger partial charge in [0, 0.05) is 18.6 Å². The second kappa shape index (κ2) is 16.3. The van der Waals surface area contributed by atoms with E-state index in [1.165, 1.54) is 24.8 Å². The van der Waals surface area contributed by atoms with Gasteiger partial charge in [0.2, 0.25) is 0 Å². The van der Waals surface area contributed by atoms with Crippen LogP contribution in [-0.4, -0.2) is 11.7 Å². The van der Waals surface area contributed by atoms with Gasteiger partial charge in [-0.1, -0.05) is 33.1 Å². The van der Waals surface area contributed by atoms with Crippen molar-refractivity contribution in [3.05, 3.63) is 55.2 Å². The van der Waals surface area contributed by atoms with Crippen molar-refractivity contribution in [1.82, 2.24) is 0 Å². The number of hydrogen-bond donors (Lipinski definition) is 0. The third-order valence-electron chi connectivity index (χ3n) is 4.51. The summed E-state index contributed by atoms with van der Waals surface area (Å²) in [4.78, 5) is 27.2. The fourth-order valence-electron chi connectivity index (χ4n) is 3.15. The summed E-state index contributed by atoms with van der Waals surface area (Å²) in [5.74, 6) is 0.00513. The number of hydrogen-bond acceptors (Lipinski definition) is 2. The molecular formula is C21H24I7NO2V-2. The SMILES string of the molecule is CCCCC.O=C1CC(=O)N(c2ccccc2)c2ccc3c(c2C1)[I-]I(I)I([I-]I)[IH]3.[V]. The molecule has 1 radical (unpaired) electrons. The first-order chi connectivity index (χ1) is 15.0. The number of unbranched alkanes of at least 4 members (excludes halogenated alkanes) is 2. The fourth-order valence-corrected chi connectivity index (χ4v) is 372. The smallest absolute Gasteiger partial charge is 0 e. The van der Waals surface area contributed by atoms with E-state index in [1.807, 2.05) is 35.2 Å². The number of halogens is 7. The number of carbonyl (C=O) groups is 2. The summed E-state index contributed by atoms with van der Waals surface area (Å²) in [6, 6.07) is 14.3. The van der Waals surface area contributed by atoms with Gasteiger partial charge >= 0.3 is 206 Å². The number of nitrogens with zero attached hydrogens (tertiary/aromatic N) is 1. The van der Waals surface area contributed by atoms with E-state index in [4.69, 9.17) is 0 Å². The van der Waals surface area contributed by atoms with Crippen LogP contribution >= 0.6 is 70.3 Å². The Morgan fingerprint density at radius 2 is 1.78 bits per heavy atom. The van der Waals surface area contributed by atoms with Gasteiger partial charge in [-0.3, -0.25) is 0 Å². The summed E-state index contributed by atoms with van der Waals surface area (Å²) in [5.41, 5.74) is 3.10. The minimum Gasteiger partial charge on any atom is 0 e. The number of amides is 1. The molecule has 0 spiro atoms. The van der Waals surface area contributed by atoms with Crippen molar-refractivity contribution in [2.45, 2.75) is 46.0 Å². The van der Waals surface area contributed by atoms with E-state index >= 15 is 0 Å². The zero-order valence-electron chi connectivity index (χ0n) is 17.5. The Kier molecular flexibility index (Phi) is 16.0. The van der Waals surface area contributed by atoms with Crippen molar-refractivity contribution in [3.8, 4) is 0 Å². The first-order valence-corrected chi connectivity index (χ1v) is 50.2. The van der Waals surface area contributed by atoms with Gasteiger partial charge in [0.05, 0.1) is 0 Å². The molecule has 4 rings (SSSR count). The molecule has 0 saturated carbocycles. The molecule has 0 aromatic heterocycles. The minimum absolute atomic E-state index is 0. The molecule has 2 aliphatic rings. The molecule has 0 fully saturated rings. The summed E-state index contributed by atoms with van der Waals surface area (Å²) in [5, 5.41) is 0. The van der Waals surface area contributed by atoms with E-state index in [2.05, 4.69) is 63.2 Å². The van der Waals surface area contributed by atoms with Gasteiger partial charge < -0.3 is 0 Å². The van der Waals surface area contributed by atoms with Crippen molar-refractivity contribution >= 4 is 93.3 Å². The van der Waals surface area contributed by atoms with Crippen LogP contribution in [0, 0.1) is 7.14 Å². The third kappa shape index (κ3) is 8.39. The van der Waals surface area contributed by atoms with Gasteiger partial charge in [0.15, 0.2) is 0 Å². The van der Waals surface area contributed by atoms with Crippen molar-refractivity contribution in [2.24, 2.45) is 0 Å². The Morgan fingerprint density at radius 1 is 1.09 bits per heavy atom. The van der Waals surface area contributed by atoms with E-state index in [9.17, 15) is 9.59 Å². The molecule has 181 valence electrons. The molecule has 1 amide bonds. The van der Waals surface area contributed by atoms with Gasteiger partial charge in [-0.2, -0.15) is 0 Å². The van der Waals surface area contributed by atoms with Gasteiger partial charge in [-0.25, -0.2) is 0 Å². The summed E-state index contributed by atoms with van der Waals surface area (Å²) in [6.07, 6.45) is 4.57. The van der Waals surface area contributed by atoms with Crippen molar-refractivity contribution in [1.29, 1.82) is 0 Å². The fraction of sp³-hybridized carbons (Fsp3) is 0.333. The molecule has 0 bridgehead atoms. The van der Waals surface area contributed by atoms with Gasteiger partial charge in [-0.05, 0) is 0 Å². The predicted molar refractivity (Wildman–Crippen MR) is 167 cm³/mol. The Hall–Kier alpha value is 3.27. The van der Waals surface area contributed by atoms with Crippen LogP contribution in [0.5, 0.6) is 0 Å². The molecule has 32 heavy (non-hydrogen) atoms. The zero-order chi connectivity index (χ0) is 22.4. The molecule has 2 aromatic rings. The summed E-state index contributed by atoms with van der Waals surface area (Å²) < 4.78 is 3.26. The van der Waals surface area contributed by atoms with Gasteiger partial charge in [-0.15, -0.1) is 0 Å². The van der Waals surface area contributed by atoms with Crippen LogP contribution in [0.4, 0.5) is 11.4 Å². The Balaban J connectivity index is 0.000000548. The topological polar surface area (TPSA) is 37.4 Å². The molecule has 0 unspecified atom stereocenters. The number of fused-ring (bicyclic) bond motifs is 3. The normalized spacial score (nSPS) is 18.1. The van der Waals surface area contributed by atoms with Crippen LogP contribution in [0.1, 0.15) is 45.1 Å². The summed E-state index contributed by atoms with van der Waals surface area (Å²) >= 11 is 6.26. The van der Waals surface area contributed by atoms with Crippen LogP contribution in [0.2, 0.25) is 0 Å². The molecule has 2 aromatic carbocycles. The second-order valence-electron chi connectivity index (χ2n) is 6.72.